The molecule has 1 aliphatic heterocycles. The number of anilines is 2. The number of benzene rings is 1. The van der Waals surface area contributed by atoms with E-state index in [1.165, 1.54) is 0 Å². The van der Waals surface area contributed by atoms with Gasteiger partial charge in [0.25, 0.3) is 0 Å². The lowest BCUT2D eigenvalue weighted by atomic mass is 10.0. The minimum Gasteiger partial charge on any atom is -0.397 e. The van der Waals surface area contributed by atoms with Crippen LogP contribution in [-0.2, 0) is 14.6 Å². The summed E-state index contributed by atoms with van der Waals surface area (Å²) in [7, 11) is -2.96. The molecule has 20 heavy (non-hydrogen) atoms. The van der Waals surface area contributed by atoms with E-state index >= 15 is 0 Å². The molecule has 0 radical (unpaired) electrons. The number of halogens is 1. The van der Waals surface area contributed by atoms with Crippen LogP contribution in [0, 0.1) is 12.8 Å². The minimum absolute atomic E-state index is 0.0814. The Morgan fingerprint density at radius 1 is 1.35 bits per heavy atom. The van der Waals surface area contributed by atoms with Crippen LogP contribution in [0.4, 0.5) is 11.4 Å². The molecule has 1 saturated heterocycles. The van der Waals surface area contributed by atoms with Crippen molar-refractivity contribution in [2.75, 3.05) is 22.6 Å². The number of nitrogens with two attached hydrogens (primary N) is 1. The van der Waals surface area contributed by atoms with E-state index in [-0.39, 0.29) is 23.3 Å². The van der Waals surface area contributed by atoms with Crippen molar-refractivity contribution in [3.8, 4) is 0 Å². The van der Waals surface area contributed by atoms with E-state index in [9.17, 15) is 13.2 Å². The van der Waals surface area contributed by atoms with Crippen LogP contribution >= 0.6 is 15.9 Å². The molecule has 110 valence electrons. The zero-order chi connectivity index (χ0) is 14.9. The van der Waals surface area contributed by atoms with Crippen molar-refractivity contribution in [3.05, 3.63) is 22.2 Å². The zero-order valence-electron chi connectivity index (χ0n) is 11.1. The van der Waals surface area contributed by atoms with Gasteiger partial charge in [0.05, 0.1) is 22.9 Å². The molecule has 1 fully saturated rings. The van der Waals surface area contributed by atoms with Gasteiger partial charge in [0.1, 0.15) is 9.84 Å². The molecular formula is C13H17BrN2O3S. The van der Waals surface area contributed by atoms with E-state index < -0.39 is 9.84 Å². The highest BCUT2D eigenvalue weighted by molar-refractivity contribution is 9.10. The molecule has 2 rings (SSSR count). The quantitative estimate of drug-likeness (QED) is 0.790. The maximum atomic E-state index is 12.2. The molecule has 0 aromatic heterocycles. The molecular weight excluding hydrogens is 344 g/mol. The Morgan fingerprint density at radius 3 is 2.55 bits per heavy atom. The highest BCUT2D eigenvalue weighted by atomic mass is 79.9. The summed E-state index contributed by atoms with van der Waals surface area (Å²) in [5.74, 6) is -0.266. The van der Waals surface area contributed by atoms with Crippen molar-refractivity contribution < 1.29 is 13.2 Å². The lowest BCUT2D eigenvalue weighted by Gasteiger charge is -2.21. The van der Waals surface area contributed by atoms with Gasteiger partial charge in [-0.15, -0.1) is 0 Å². The number of amides is 1. The van der Waals surface area contributed by atoms with Gasteiger partial charge in [-0.2, -0.15) is 0 Å². The first-order chi connectivity index (χ1) is 9.28. The number of sulfone groups is 1. The molecule has 1 amide bonds. The van der Waals surface area contributed by atoms with Crippen LogP contribution in [0.15, 0.2) is 16.6 Å². The average molecular weight is 361 g/mol. The predicted octanol–water partition coefficient (Wildman–Crippen LogP) is 2.10. The van der Waals surface area contributed by atoms with E-state index in [1.54, 1.807) is 6.07 Å². The maximum absolute atomic E-state index is 12.2. The third-order valence-electron chi connectivity index (χ3n) is 3.53. The number of rotatable bonds is 2. The topological polar surface area (TPSA) is 89.3 Å². The lowest BCUT2D eigenvalue weighted by molar-refractivity contribution is -0.120. The Hall–Kier alpha value is -1.08. The first-order valence-electron chi connectivity index (χ1n) is 6.35. The van der Waals surface area contributed by atoms with Gasteiger partial charge >= 0.3 is 0 Å². The molecule has 5 nitrogen and oxygen atoms in total. The number of hydrogen-bond donors (Lipinski definition) is 2. The predicted molar refractivity (Wildman–Crippen MR) is 83.3 cm³/mol. The highest BCUT2D eigenvalue weighted by Crippen LogP contribution is 2.29. The first kappa shape index (κ1) is 15.3. The molecule has 3 N–H and O–H groups in total. The number of carbonyl (C=O) groups excluding carboxylic acids is 1. The smallest absolute Gasteiger partial charge is 0.227 e. The molecule has 0 spiro atoms. The third-order valence-corrected chi connectivity index (χ3v) is 5.71. The van der Waals surface area contributed by atoms with Crippen LogP contribution in [0.3, 0.4) is 0 Å². The largest absolute Gasteiger partial charge is 0.397 e. The van der Waals surface area contributed by atoms with Crippen molar-refractivity contribution in [2.24, 2.45) is 5.92 Å². The van der Waals surface area contributed by atoms with Gasteiger partial charge in [-0.3, -0.25) is 4.79 Å². The molecule has 1 aromatic carbocycles. The van der Waals surface area contributed by atoms with Crippen molar-refractivity contribution in [2.45, 2.75) is 19.8 Å². The summed E-state index contributed by atoms with van der Waals surface area (Å²) in [6.45, 7) is 1.86. The van der Waals surface area contributed by atoms with Crippen molar-refractivity contribution in [1.29, 1.82) is 0 Å². The standard InChI is InChI=1S/C13H17BrN2O3S/c1-8-6-10(14)7-11(12(8)15)16-13(17)9-2-4-20(18,19)5-3-9/h6-7,9H,2-5,15H2,1H3,(H,16,17). The summed E-state index contributed by atoms with van der Waals surface area (Å²) in [5.41, 5.74) is 7.91. The fraction of sp³-hybridized carbons (Fsp3) is 0.462. The number of hydrogen-bond acceptors (Lipinski definition) is 4. The Kier molecular flexibility index (Phi) is 4.39. The monoisotopic (exact) mass is 360 g/mol. The zero-order valence-corrected chi connectivity index (χ0v) is 13.6. The number of nitrogen functional groups attached to an aromatic ring is 1. The molecule has 0 saturated carbocycles. The van der Waals surface area contributed by atoms with Gasteiger partial charge in [0.15, 0.2) is 0 Å². The van der Waals surface area contributed by atoms with Gasteiger partial charge in [-0.05, 0) is 37.5 Å². The second kappa shape index (κ2) is 5.73. The van der Waals surface area contributed by atoms with E-state index in [4.69, 9.17) is 5.73 Å². The van der Waals surface area contributed by atoms with Gasteiger partial charge < -0.3 is 11.1 Å². The Morgan fingerprint density at radius 2 is 1.95 bits per heavy atom. The number of nitrogens with one attached hydrogen (secondary N) is 1. The maximum Gasteiger partial charge on any atom is 0.227 e. The highest BCUT2D eigenvalue weighted by Gasteiger charge is 2.28. The molecule has 7 heteroatoms. The Balaban J connectivity index is 2.09. The van der Waals surface area contributed by atoms with Crippen LogP contribution < -0.4 is 11.1 Å². The van der Waals surface area contributed by atoms with Gasteiger partial charge in [-0.25, -0.2) is 8.42 Å². The lowest BCUT2D eigenvalue weighted by Crippen LogP contribution is -2.32. The Bertz CT molecular complexity index is 629. The summed E-state index contributed by atoms with van der Waals surface area (Å²) in [6, 6.07) is 3.62. The summed E-state index contributed by atoms with van der Waals surface area (Å²) < 4.78 is 23.6. The summed E-state index contributed by atoms with van der Waals surface area (Å²) >= 11 is 3.36. The molecule has 0 bridgehead atoms. The Labute approximate surface area is 127 Å². The van der Waals surface area contributed by atoms with Crippen LogP contribution in [0.25, 0.3) is 0 Å². The van der Waals surface area contributed by atoms with E-state index in [2.05, 4.69) is 21.2 Å². The molecule has 1 heterocycles. The van der Waals surface area contributed by atoms with Gasteiger partial charge in [0, 0.05) is 10.4 Å². The molecule has 0 aliphatic carbocycles. The van der Waals surface area contributed by atoms with E-state index in [0.29, 0.717) is 24.2 Å². The fourth-order valence-electron chi connectivity index (χ4n) is 2.24. The molecule has 0 unspecified atom stereocenters. The minimum atomic E-state index is -2.96. The van der Waals surface area contributed by atoms with E-state index in [0.717, 1.165) is 10.0 Å². The normalized spacial score (nSPS) is 18.7. The van der Waals surface area contributed by atoms with Crippen LogP contribution in [0.2, 0.25) is 0 Å². The SMILES string of the molecule is Cc1cc(Br)cc(NC(=O)C2CCS(=O)(=O)CC2)c1N. The van der Waals surface area contributed by atoms with Crippen LogP contribution in [0.5, 0.6) is 0 Å². The number of aryl methyl sites for hydroxylation is 1. The van der Waals surface area contributed by atoms with E-state index in [1.807, 2.05) is 13.0 Å². The second-order valence-corrected chi connectivity index (χ2v) is 8.32. The average Bonchev–Trinajstić information content (AvgIpc) is 2.35. The van der Waals surface area contributed by atoms with Crippen LogP contribution in [0.1, 0.15) is 18.4 Å². The number of carbonyl (C=O) groups is 1. The van der Waals surface area contributed by atoms with Crippen molar-refractivity contribution >= 4 is 43.0 Å². The summed E-state index contributed by atoms with van der Waals surface area (Å²) in [5, 5.41) is 2.80. The van der Waals surface area contributed by atoms with Crippen LogP contribution in [-0.4, -0.2) is 25.8 Å². The first-order valence-corrected chi connectivity index (χ1v) is 8.97. The van der Waals surface area contributed by atoms with Gasteiger partial charge in [0.2, 0.25) is 5.91 Å². The third kappa shape index (κ3) is 3.52. The molecule has 1 aliphatic rings. The summed E-state index contributed by atoms with van der Waals surface area (Å²) in [6.07, 6.45) is 0.752. The van der Waals surface area contributed by atoms with Gasteiger partial charge in [-0.1, -0.05) is 15.9 Å². The fourth-order valence-corrected chi connectivity index (χ4v) is 4.31. The summed E-state index contributed by atoms with van der Waals surface area (Å²) in [4.78, 5) is 12.2. The second-order valence-electron chi connectivity index (χ2n) is 5.10. The molecule has 0 atom stereocenters. The van der Waals surface area contributed by atoms with Crippen molar-refractivity contribution in [3.63, 3.8) is 0 Å². The van der Waals surface area contributed by atoms with Crippen molar-refractivity contribution in [1.82, 2.24) is 0 Å². The molecule has 1 aromatic rings.